The molecule has 1 aliphatic carbocycles. The van der Waals surface area contributed by atoms with Crippen molar-refractivity contribution in [3.8, 4) is 0 Å². The Bertz CT molecular complexity index is 262. The number of nitrogens with zero attached hydrogens (tertiary/aromatic N) is 1. The van der Waals surface area contributed by atoms with E-state index < -0.39 is 0 Å². The quantitative estimate of drug-likeness (QED) is 0.721. The van der Waals surface area contributed by atoms with Crippen molar-refractivity contribution in [2.75, 3.05) is 0 Å². The van der Waals surface area contributed by atoms with Crippen LogP contribution >= 0.6 is 0 Å². The van der Waals surface area contributed by atoms with Gasteiger partial charge in [0.25, 0.3) is 0 Å². The van der Waals surface area contributed by atoms with E-state index in [2.05, 4.69) is 17.1 Å². The molecule has 0 unspecified atom stereocenters. The fourth-order valence-corrected chi connectivity index (χ4v) is 2.59. The summed E-state index contributed by atoms with van der Waals surface area (Å²) in [6.45, 7) is 0. The van der Waals surface area contributed by atoms with Crippen molar-refractivity contribution in [3.05, 3.63) is 30.1 Å². The third kappa shape index (κ3) is 3.65. The van der Waals surface area contributed by atoms with E-state index in [4.69, 9.17) is 0 Å². The summed E-state index contributed by atoms with van der Waals surface area (Å²) in [5.41, 5.74) is 1.26. The van der Waals surface area contributed by atoms with Crippen LogP contribution < -0.4 is 0 Å². The van der Waals surface area contributed by atoms with E-state index in [-0.39, 0.29) is 0 Å². The van der Waals surface area contributed by atoms with Gasteiger partial charge < -0.3 is 0 Å². The van der Waals surface area contributed by atoms with E-state index >= 15 is 0 Å². The second-order valence-electron chi connectivity index (χ2n) is 4.72. The second-order valence-corrected chi connectivity index (χ2v) is 4.72. The number of aryl methyl sites for hydroxylation is 1. The van der Waals surface area contributed by atoms with E-state index in [9.17, 15) is 0 Å². The molecular formula is C14H21N. The summed E-state index contributed by atoms with van der Waals surface area (Å²) in [6, 6.07) is 6.22. The van der Waals surface area contributed by atoms with Crippen LogP contribution in [-0.2, 0) is 6.42 Å². The van der Waals surface area contributed by atoms with Gasteiger partial charge in [-0.25, -0.2) is 0 Å². The fraction of sp³-hybridized carbons (Fsp3) is 0.643. The molecule has 0 spiro atoms. The van der Waals surface area contributed by atoms with E-state index in [1.807, 2.05) is 12.3 Å². The van der Waals surface area contributed by atoms with Gasteiger partial charge in [0.15, 0.2) is 0 Å². The van der Waals surface area contributed by atoms with Crippen LogP contribution in [0.15, 0.2) is 24.4 Å². The molecular weight excluding hydrogens is 182 g/mol. The zero-order valence-corrected chi connectivity index (χ0v) is 9.49. The van der Waals surface area contributed by atoms with E-state index in [0.717, 1.165) is 12.3 Å². The van der Waals surface area contributed by atoms with Crippen molar-refractivity contribution in [2.45, 2.75) is 51.4 Å². The highest BCUT2D eigenvalue weighted by Crippen LogP contribution is 2.27. The number of hydrogen-bond acceptors (Lipinski definition) is 1. The van der Waals surface area contributed by atoms with Crippen molar-refractivity contribution in [2.24, 2.45) is 5.92 Å². The molecule has 82 valence electrons. The van der Waals surface area contributed by atoms with Gasteiger partial charge in [0.1, 0.15) is 0 Å². The van der Waals surface area contributed by atoms with Crippen molar-refractivity contribution < 1.29 is 0 Å². The van der Waals surface area contributed by atoms with Crippen LogP contribution in [0, 0.1) is 5.92 Å². The smallest absolute Gasteiger partial charge is 0.0403 e. The van der Waals surface area contributed by atoms with E-state index in [1.54, 1.807) is 0 Å². The summed E-state index contributed by atoms with van der Waals surface area (Å²) >= 11 is 0. The number of hydrogen-bond donors (Lipinski definition) is 0. The standard InChI is InChI=1S/C14H21N/c1-2-7-13(8-3-1)9-6-11-14-10-4-5-12-15-14/h4-5,10,12-13H,1-3,6-9,11H2. The van der Waals surface area contributed by atoms with Gasteiger partial charge in [-0.05, 0) is 30.9 Å². The molecule has 0 aliphatic heterocycles. The molecule has 0 saturated heterocycles. The zero-order chi connectivity index (χ0) is 10.3. The first-order valence-corrected chi connectivity index (χ1v) is 6.35. The molecule has 0 bridgehead atoms. The minimum atomic E-state index is 1.02. The summed E-state index contributed by atoms with van der Waals surface area (Å²) in [4.78, 5) is 4.36. The molecule has 0 amide bonds. The van der Waals surface area contributed by atoms with Crippen molar-refractivity contribution in [1.82, 2.24) is 4.98 Å². The maximum absolute atomic E-state index is 4.36. The molecule has 1 aromatic rings. The van der Waals surface area contributed by atoms with Crippen molar-refractivity contribution in [1.29, 1.82) is 0 Å². The van der Waals surface area contributed by atoms with Gasteiger partial charge in [0.2, 0.25) is 0 Å². The molecule has 1 heteroatoms. The van der Waals surface area contributed by atoms with Crippen molar-refractivity contribution >= 4 is 0 Å². The predicted molar refractivity (Wildman–Crippen MR) is 63.8 cm³/mol. The molecule has 15 heavy (non-hydrogen) atoms. The van der Waals surface area contributed by atoms with Gasteiger partial charge in [-0.1, -0.05) is 44.6 Å². The van der Waals surface area contributed by atoms with E-state index in [0.29, 0.717) is 0 Å². The van der Waals surface area contributed by atoms with Crippen LogP contribution in [0.25, 0.3) is 0 Å². The Kier molecular flexibility index (Phi) is 4.19. The van der Waals surface area contributed by atoms with Crippen LogP contribution in [0.3, 0.4) is 0 Å². The zero-order valence-electron chi connectivity index (χ0n) is 9.49. The molecule has 1 saturated carbocycles. The molecule has 0 atom stereocenters. The molecule has 2 rings (SSSR count). The number of rotatable bonds is 4. The lowest BCUT2D eigenvalue weighted by atomic mass is 9.85. The molecule has 0 radical (unpaired) electrons. The largest absolute Gasteiger partial charge is 0.261 e. The highest BCUT2D eigenvalue weighted by Gasteiger charge is 2.12. The third-order valence-corrected chi connectivity index (χ3v) is 3.50. The molecule has 1 aliphatic rings. The molecule has 0 N–H and O–H groups in total. The monoisotopic (exact) mass is 203 g/mol. The first-order valence-electron chi connectivity index (χ1n) is 6.35. The van der Waals surface area contributed by atoms with Gasteiger partial charge in [-0.2, -0.15) is 0 Å². The molecule has 0 aromatic carbocycles. The number of pyridine rings is 1. The molecule has 1 nitrogen and oxygen atoms in total. The van der Waals surface area contributed by atoms with Crippen LogP contribution in [0.2, 0.25) is 0 Å². The Morgan fingerprint density at radius 2 is 2.00 bits per heavy atom. The van der Waals surface area contributed by atoms with Crippen LogP contribution in [0.4, 0.5) is 0 Å². The summed E-state index contributed by atoms with van der Waals surface area (Å²) in [5, 5.41) is 0. The molecule has 1 heterocycles. The first kappa shape index (κ1) is 10.7. The fourth-order valence-electron chi connectivity index (χ4n) is 2.59. The van der Waals surface area contributed by atoms with Crippen LogP contribution in [0.1, 0.15) is 50.6 Å². The Labute approximate surface area is 92.9 Å². The summed E-state index contributed by atoms with van der Waals surface area (Å²) in [7, 11) is 0. The lowest BCUT2D eigenvalue weighted by molar-refractivity contribution is 0.332. The Morgan fingerprint density at radius 3 is 2.73 bits per heavy atom. The molecule has 1 fully saturated rings. The normalized spacial score (nSPS) is 17.9. The lowest BCUT2D eigenvalue weighted by Gasteiger charge is -2.21. The Morgan fingerprint density at radius 1 is 1.13 bits per heavy atom. The lowest BCUT2D eigenvalue weighted by Crippen LogP contribution is -2.06. The average molecular weight is 203 g/mol. The van der Waals surface area contributed by atoms with Gasteiger partial charge in [0.05, 0.1) is 0 Å². The highest BCUT2D eigenvalue weighted by molar-refractivity contribution is 5.03. The van der Waals surface area contributed by atoms with Gasteiger partial charge in [-0.3, -0.25) is 4.98 Å². The maximum atomic E-state index is 4.36. The second kappa shape index (κ2) is 5.89. The van der Waals surface area contributed by atoms with E-state index in [1.165, 1.54) is 50.6 Å². The Hall–Kier alpha value is -0.850. The first-order chi connectivity index (χ1) is 7.45. The van der Waals surface area contributed by atoms with Crippen LogP contribution in [0.5, 0.6) is 0 Å². The third-order valence-electron chi connectivity index (χ3n) is 3.50. The van der Waals surface area contributed by atoms with Gasteiger partial charge in [-0.15, -0.1) is 0 Å². The number of aromatic nitrogens is 1. The summed E-state index contributed by atoms with van der Waals surface area (Å²) in [5.74, 6) is 1.02. The predicted octanol–water partition coefficient (Wildman–Crippen LogP) is 3.98. The van der Waals surface area contributed by atoms with Gasteiger partial charge in [0, 0.05) is 11.9 Å². The molecule has 1 aromatic heterocycles. The highest BCUT2D eigenvalue weighted by atomic mass is 14.7. The summed E-state index contributed by atoms with van der Waals surface area (Å²) in [6.07, 6.45) is 13.1. The van der Waals surface area contributed by atoms with Gasteiger partial charge >= 0.3 is 0 Å². The minimum absolute atomic E-state index is 1.02. The topological polar surface area (TPSA) is 12.9 Å². The van der Waals surface area contributed by atoms with Crippen molar-refractivity contribution in [3.63, 3.8) is 0 Å². The average Bonchev–Trinajstić information content (AvgIpc) is 2.32. The minimum Gasteiger partial charge on any atom is -0.261 e. The maximum Gasteiger partial charge on any atom is 0.0403 e. The SMILES string of the molecule is c1ccc(CCCC2CCCCC2)nc1. The Balaban J connectivity index is 1.66. The summed E-state index contributed by atoms with van der Waals surface area (Å²) < 4.78 is 0. The van der Waals surface area contributed by atoms with Crippen LogP contribution in [-0.4, -0.2) is 4.98 Å².